The largest absolute Gasteiger partial charge is 0.355 e. The third-order valence-corrected chi connectivity index (χ3v) is 6.63. The monoisotopic (exact) mass is 415 g/mol. The van der Waals surface area contributed by atoms with Gasteiger partial charge in [-0.05, 0) is 44.2 Å². The number of amides is 1. The van der Waals surface area contributed by atoms with Crippen molar-refractivity contribution in [2.45, 2.75) is 45.1 Å². The highest BCUT2D eigenvalue weighted by Gasteiger charge is 2.21. The summed E-state index contributed by atoms with van der Waals surface area (Å²) in [7, 11) is 0. The van der Waals surface area contributed by atoms with Gasteiger partial charge in [-0.15, -0.1) is 11.8 Å². The highest BCUT2D eigenvalue weighted by atomic mass is 32.2. The van der Waals surface area contributed by atoms with Crippen LogP contribution in [0.4, 0.5) is 0 Å². The Balaban J connectivity index is 1.48. The third-order valence-electron chi connectivity index (χ3n) is 5.57. The van der Waals surface area contributed by atoms with Crippen LogP contribution in [0.5, 0.6) is 0 Å². The zero-order chi connectivity index (χ0) is 20.8. The number of carbonyl (C=O) groups is 1. The predicted octanol–water partition coefficient (Wildman–Crippen LogP) is 3.60. The van der Waals surface area contributed by atoms with E-state index in [2.05, 4.69) is 24.1 Å². The number of nitrogens with one attached hydrogen (secondary N) is 1. The molecule has 1 fully saturated rings. The number of nitrogens with zero attached hydrogens (tertiary/aromatic N) is 2. The lowest BCUT2D eigenvalue weighted by atomic mass is 9.92. The maximum Gasteiger partial charge on any atom is 0.252 e. The van der Waals surface area contributed by atoms with Crippen molar-refractivity contribution in [3.05, 3.63) is 40.7 Å². The van der Waals surface area contributed by atoms with Crippen molar-refractivity contribution in [2.75, 3.05) is 31.9 Å². The van der Waals surface area contributed by atoms with Gasteiger partial charge in [0, 0.05) is 42.5 Å². The lowest BCUT2D eigenvalue weighted by Gasteiger charge is -2.34. The molecule has 1 amide bonds. The fraction of sp³-hybridized carbons (Fsp3) is 0.565. The molecule has 1 aromatic carbocycles. The number of aromatic nitrogens is 1. The zero-order valence-electron chi connectivity index (χ0n) is 17.8. The van der Waals surface area contributed by atoms with Gasteiger partial charge in [0.05, 0.1) is 11.3 Å². The van der Waals surface area contributed by atoms with Gasteiger partial charge in [-0.1, -0.05) is 32.0 Å². The molecule has 1 N–H and O–H groups in total. The molecule has 1 aliphatic rings. The Morgan fingerprint density at radius 1 is 1.21 bits per heavy atom. The van der Waals surface area contributed by atoms with Crippen molar-refractivity contribution in [3.63, 3.8) is 0 Å². The number of rotatable bonds is 8. The first-order valence-electron chi connectivity index (χ1n) is 10.7. The molecule has 1 aliphatic heterocycles. The van der Waals surface area contributed by atoms with Crippen molar-refractivity contribution >= 4 is 28.6 Å². The van der Waals surface area contributed by atoms with Gasteiger partial charge in [0.25, 0.3) is 5.56 Å². The molecule has 158 valence electrons. The van der Waals surface area contributed by atoms with Gasteiger partial charge >= 0.3 is 0 Å². The summed E-state index contributed by atoms with van der Waals surface area (Å²) in [5.41, 5.74) is 0.912. The SMILES string of the molecule is CCn1c(=O)cc(SCC(=O)NCCCN2C[C@@H](C)C[C@H](C)C2)c2ccccc21. The van der Waals surface area contributed by atoms with Gasteiger partial charge in [0.2, 0.25) is 5.91 Å². The highest BCUT2D eigenvalue weighted by Crippen LogP contribution is 2.26. The molecule has 1 aromatic heterocycles. The van der Waals surface area contributed by atoms with Crippen LogP contribution >= 0.6 is 11.8 Å². The number of hydrogen-bond donors (Lipinski definition) is 1. The summed E-state index contributed by atoms with van der Waals surface area (Å²) in [5, 5.41) is 4.06. The number of likely N-dealkylation sites (tertiary alicyclic amines) is 1. The number of benzene rings is 1. The second-order valence-electron chi connectivity index (χ2n) is 8.31. The minimum atomic E-state index is -0.0147. The Kier molecular flexibility index (Phi) is 7.78. The Morgan fingerprint density at radius 3 is 2.66 bits per heavy atom. The minimum absolute atomic E-state index is 0.0147. The maximum atomic E-state index is 12.4. The first-order chi connectivity index (χ1) is 14.0. The number of pyridine rings is 1. The first-order valence-corrected chi connectivity index (χ1v) is 11.7. The molecular formula is C23H33N3O2S. The van der Waals surface area contributed by atoms with E-state index in [1.165, 1.54) is 31.3 Å². The van der Waals surface area contributed by atoms with E-state index >= 15 is 0 Å². The summed E-state index contributed by atoms with van der Waals surface area (Å²) in [6.45, 7) is 11.3. The van der Waals surface area contributed by atoms with Crippen molar-refractivity contribution in [1.29, 1.82) is 0 Å². The molecular weight excluding hydrogens is 382 g/mol. The Labute approximate surface area is 177 Å². The fourth-order valence-corrected chi connectivity index (χ4v) is 5.35. The van der Waals surface area contributed by atoms with Crippen LogP contribution in [0.15, 0.2) is 40.0 Å². The van der Waals surface area contributed by atoms with E-state index in [-0.39, 0.29) is 11.5 Å². The van der Waals surface area contributed by atoms with Crippen LogP contribution in [-0.4, -0.2) is 47.3 Å². The quantitative estimate of drug-likeness (QED) is 0.529. The average molecular weight is 416 g/mol. The van der Waals surface area contributed by atoms with Crippen LogP contribution in [0.3, 0.4) is 0 Å². The second-order valence-corrected chi connectivity index (χ2v) is 9.32. The number of aryl methyl sites for hydroxylation is 1. The summed E-state index contributed by atoms with van der Waals surface area (Å²) in [6, 6.07) is 9.55. The molecule has 0 saturated carbocycles. The van der Waals surface area contributed by atoms with E-state index in [9.17, 15) is 9.59 Å². The van der Waals surface area contributed by atoms with E-state index in [0.717, 1.165) is 40.6 Å². The molecule has 0 unspecified atom stereocenters. The van der Waals surface area contributed by atoms with Gasteiger partial charge in [-0.3, -0.25) is 9.59 Å². The summed E-state index contributed by atoms with van der Waals surface area (Å²) >= 11 is 1.44. The molecule has 0 radical (unpaired) electrons. The summed E-state index contributed by atoms with van der Waals surface area (Å²) < 4.78 is 1.77. The number of piperidine rings is 1. The van der Waals surface area contributed by atoms with Crippen LogP contribution < -0.4 is 10.9 Å². The van der Waals surface area contributed by atoms with E-state index in [1.54, 1.807) is 10.6 Å². The predicted molar refractivity (Wildman–Crippen MR) is 122 cm³/mol. The van der Waals surface area contributed by atoms with Crippen molar-refractivity contribution in [1.82, 2.24) is 14.8 Å². The summed E-state index contributed by atoms with van der Waals surface area (Å²) in [6.07, 6.45) is 2.30. The minimum Gasteiger partial charge on any atom is -0.355 e. The molecule has 6 heteroatoms. The van der Waals surface area contributed by atoms with Gasteiger partial charge in [0.15, 0.2) is 0 Å². The van der Waals surface area contributed by atoms with E-state index in [1.807, 2.05) is 31.2 Å². The lowest BCUT2D eigenvalue weighted by molar-refractivity contribution is -0.118. The van der Waals surface area contributed by atoms with Crippen LogP contribution in [0.2, 0.25) is 0 Å². The smallest absolute Gasteiger partial charge is 0.252 e. The molecule has 5 nitrogen and oxygen atoms in total. The highest BCUT2D eigenvalue weighted by molar-refractivity contribution is 8.00. The summed E-state index contributed by atoms with van der Waals surface area (Å²) in [4.78, 5) is 28.1. The van der Waals surface area contributed by atoms with Crippen molar-refractivity contribution in [3.8, 4) is 0 Å². The topological polar surface area (TPSA) is 54.3 Å². The number of fused-ring (bicyclic) bond motifs is 1. The van der Waals surface area contributed by atoms with Crippen LogP contribution in [0.25, 0.3) is 10.9 Å². The van der Waals surface area contributed by atoms with Gasteiger partial charge < -0.3 is 14.8 Å². The molecule has 2 aromatic rings. The lowest BCUT2D eigenvalue weighted by Crippen LogP contribution is -2.40. The second kappa shape index (κ2) is 10.3. The molecule has 0 bridgehead atoms. The van der Waals surface area contributed by atoms with Crippen LogP contribution in [-0.2, 0) is 11.3 Å². The molecule has 1 saturated heterocycles. The zero-order valence-corrected chi connectivity index (χ0v) is 18.6. The van der Waals surface area contributed by atoms with E-state index < -0.39 is 0 Å². The summed E-state index contributed by atoms with van der Waals surface area (Å²) in [5.74, 6) is 1.89. The maximum absolute atomic E-state index is 12.4. The van der Waals surface area contributed by atoms with Crippen molar-refractivity contribution < 1.29 is 4.79 Å². The van der Waals surface area contributed by atoms with Gasteiger partial charge in [-0.2, -0.15) is 0 Å². The Hall–Kier alpha value is -1.79. The van der Waals surface area contributed by atoms with Gasteiger partial charge in [-0.25, -0.2) is 0 Å². The first kappa shape index (κ1) is 21.9. The van der Waals surface area contributed by atoms with E-state index in [0.29, 0.717) is 18.8 Å². The van der Waals surface area contributed by atoms with Gasteiger partial charge in [0.1, 0.15) is 0 Å². The number of carbonyl (C=O) groups excluding carboxylic acids is 1. The average Bonchev–Trinajstić information content (AvgIpc) is 2.69. The number of thioether (sulfide) groups is 1. The van der Waals surface area contributed by atoms with Crippen molar-refractivity contribution in [2.24, 2.45) is 11.8 Å². The standard InChI is InChI=1S/C23H33N3O2S/c1-4-26-20-9-6-5-8-19(20)21(13-23(26)28)29-16-22(27)24-10-7-11-25-14-17(2)12-18(3)15-25/h5-6,8-9,13,17-18H,4,7,10-12,14-16H2,1-3H3,(H,24,27)/t17-,18-/m0/s1. The molecule has 0 aliphatic carbocycles. The number of hydrogen-bond acceptors (Lipinski definition) is 4. The molecule has 3 rings (SSSR count). The van der Waals surface area contributed by atoms with Crippen LogP contribution in [0, 0.1) is 11.8 Å². The molecule has 2 heterocycles. The molecule has 29 heavy (non-hydrogen) atoms. The third kappa shape index (κ3) is 5.86. The fourth-order valence-electron chi connectivity index (χ4n) is 4.45. The Bertz CT molecular complexity index is 885. The number of para-hydroxylation sites is 1. The Morgan fingerprint density at radius 2 is 1.93 bits per heavy atom. The normalized spacial score (nSPS) is 20.1. The molecule has 2 atom stereocenters. The van der Waals surface area contributed by atoms with E-state index in [4.69, 9.17) is 0 Å². The molecule has 0 spiro atoms. The van der Waals surface area contributed by atoms with Crippen LogP contribution in [0.1, 0.15) is 33.6 Å².